The smallest absolute Gasteiger partial charge is 1.00 e. The van der Waals surface area contributed by atoms with E-state index < -0.39 is 0 Å². The number of hydrogen-bond donors (Lipinski definition) is 0. The van der Waals surface area contributed by atoms with Crippen LogP contribution in [-0.2, 0) is 30.7 Å². The van der Waals surface area contributed by atoms with E-state index in [1.807, 2.05) is 0 Å². The van der Waals surface area contributed by atoms with Crippen molar-refractivity contribution in [1.29, 1.82) is 0 Å². The van der Waals surface area contributed by atoms with E-state index in [0.717, 1.165) is 6.42 Å². The van der Waals surface area contributed by atoms with E-state index in [2.05, 4.69) is 152 Å². The van der Waals surface area contributed by atoms with E-state index in [9.17, 15) is 0 Å². The van der Waals surface area contributed by atoms with Gasteiger partial charge in [0.2, 0.25) is 0 Å². The van der Waals surface area contributed by atoms with E-state index in [1.165, 1.54) is 45.6 Å². The van der Waals surface area contributed by atoms with Gasteiger partial charge >= 0.3 is 41.3 Å². The first kappa shape index (κ1) is 42.3. The molecule has 5 aliphatic carbocycles. The van der Waals surface area contributed by atoms with Gasteiger partial charge in [-0.1, -0.05) is 165 Å². The molecule has 1 aromatic rings. The average molecular weight is 753 g/mol. The number of benzene rings is 1. The standard InChI is InChI=1S/C29H37.C12H19.C3H6.2ClH.Zr/c1-18-25-22-17-19-13-9-10-14-20(19)24(22)21-15-11-12-16-23(21)29(25,8)28(6,7)27(4,5)26(18,2)3;1-5-6-10-7-8-11(9-10)12(2,3)4;1-3-2;;;/h9-11,13-15,23H,12,16-17H2,1-8H3;8-10H,5-6H2,1-4H3;1-2H3;2*1H;/q2*-1;;;;+2/p-2. The van der Waals surface area contributed by atoms with E-state index in [1.54, 1.807) is 52.4 Å². The van der Waals surface area contributed by atoms with Crippen LogP contribution in [-0.4, -0.2) is 3.21 Å². The van der Waals surface area contributed by atoms with Gasteiger partial charge in [0.15, 0.2) is 0 Å². The van der Waals surface area contributed by atoms with E-state index in [4.69, 9.17) is 0 Å². The summed E-state index contributed by atoms with van der Waals surface area (Å²) in [5, 5.41) is 0. The van der Waals surface area contributed by atoms with Crippen molar-refractivity contribution in [3.8, 4) is 0 Å². The van der Waals surface area contributed by atoms with Crippen molar-refractivity contribution in [2.45, 2.75) is 129 Å². The van der Waals surface area contributed by atoms with E-state index >= 15 is 0 Å². The molecule has 0 nitrogen and oxygen atoms in total. The van der Waals surface area contributed by atoms with Crippen LogP contribution in [0.2, 0.25) is 0 Å². The molecule has 0 bridgehead atoms. The molecule has 0 radical (unpaired) electrons. The fourth-order valence-corrected chi connectivity index (χ4v) is 9.02. The maximum absolute atomic E-state index is 3.40. The van der Waals surface area contributed by atoms with Gasteiger partial charge in [0, 0.05) is 0 Å². The number of rotatable bonds is 2. The Kier molecular flexibility index (Phi) is 13.6. The molecule has 0 amide bonds. The predicted octanol–water partition coefficient (Wildman–Crippen LogP) is 6.47. The number of fused-ring (bicyclic) bond motifs is 6. The second-order valence-corrected chi connectivity index (χ2v) is 19.8. The third-order valence-electron chi connectivity index (χ3n) is 13.1. The molecule has 1 aromatic carbocycles. The third kappa shape index (κ3) is 7.18. The first-order valence-corrected chi connectivity index (χ1v) is 18.9. The van der Waals surface area contributed by atoms with Crippen molar-refractivity contribution >= 4 is 8.78 Å². The molecule has 0 aliphatic heterocycles. The van der Waals surface area contributed by atoms with Crippen molar-refractivity contribution < 1.29 is 49.0 Å². The summed E-state index contributed by atoms with van der Waals surface area (Å²) in [6.07, 6.45) is 18.9. The molecule has 3 unspecified atom stereocenters. The molecule has 0 heterocycles. The van der Waals surface area contributed by atoms with Crippen molar-refractivity contribution in [3.63, 3.8) is 0 Å². The Hall–Kier alpha value is -0.877. The summed E-state index contributed by atoms with van der Waals surface area (Å²) in [5.41, 5.74) is 12.0. The van der Waals surface area contributed by atoms with Crippen LogP contribution >= 0.6 is 0 Å². The van der Waals surface area contributed by atoms with Gasteiger partial charge in [0.1, 0.15) is 0 Å². The molecule has 1 fully saturated rings. The zero-order valence-corrected chi connectivity index (χ0v) is 36.0. The molecule has 0 aromatic heterocycles. The quantitative estimate of drug-likeness (QED) is 0.305. The van der Waals surface area contributed by atoms with Gasteiger partial charge in [0.05, 0.1) is 0 Å². The van der Waals surface area contributed by atoms with E-state index in [0.29, 0.717) is 17.3 Å². The van der Waals surface area contributed by atoms with Gasteiger partial charge in [-0.3, -0.25) is 6.08 Å². The maximum atomic E-state index is 3.40. The molecular formula is C44H62Cl2Zr-2. The Bertz CT molecular complexity index is 1460. The van der Waals surface area contributed by atoms with Crippen molar-refractivity contribution in [2.75, 3.05) is 0 Å². The molecule has 0 N–H and O–H groups in total. The second kappa shape index (κ2) is 15.2. The largest absolute Gasteiger partial charge is 1.00 e. The van der Waals surface area contributed by atoms with Gasteiger partial charge in [0.25, 0.3) is 0 Å². The Morgan fingerprint density at radius 2 is 1.57 bits per heavy atom. The SMILES string of the molecule is CCCC1[C-]=CC(C(C)(C)C)=C1.C[C-]1C2=C3Cc4ccccc4C3=C3C=CCCC3C2(C)C(C)(C)C(C)(C)C1(C)C.C[C](C)=[Zr+2].[Cl-].[Cl-]. The Balaban J connectivity index is 0.000000359. The molecule has 0 spiro atoms. The summed E-state index contributed by atoms with van der Waals surface area (Å²) >= 11 is 1.55. The topological polar surface area (TPSA) is 0 Å². The van der Waals surface area contributed by atoms with Crippen molar-refractivity contribution in [2.24, 2.45) is 38.9 Å². The summed E-state index contributed by atoms with van der Waals surface area (Å²) in [5.74, 6) is 2.83. The minimum atomic E-state index is 0. The monoisotopic (exact) mass is 750 g/mol. The zero-order valence-electron chi connectivity index (χ0n) is 32.1. The van der Waals surface area contributed by atoms with Crippen LogP contribution in [0.1, 0.15) is 134 Å². The number of allylic oxidation sites excluding steroid dienone is 10. The van der Waals surface area contributed by atoms with E-state index in [-0.39, 0.29) is 46.5 Å². The first-order valence-electron chi connectivity index (χ1n) is 17.7. The van der Waals surface area contributed by atoms with Gasteiger partial charge in [-0.05, 0) is 40.6 Å². The first-order chi connectivity index (χ1) is 20.7. The summed E-state index contributed by atoms with van der Waals surface area (Å²) in [7, 11) is 0. The van der Waals surface area contributed by atoms with Gasteiger partial charge < -0.3 is 24.8 Å². The van der Waals surface area contributed by atoms with Crippen LogP contribution in [0.25, 0.3) is 5.57 Å². The molecular weight excluding hydrogens is 691 g/mol. The fraction of sp³-hybridized carbons (Fsp3) is 0.591. The fourth-order valence-electron chi connectivity index (χ4n) is 9.02. The Morgan fingerprint density at radius 3 is 2.13 bits per heavy atom. The predicted molar refractivity (Wildman–Crippen MR) is 194 cm³/mol. The van der Waals surface area contributed by atoms with Crippen LogP contribution in [0.15, 0.2) is 70.9 Å². The normalized spacial score (nSPS) is 27.0. The molecule has 5 aliphatic rings. The van der Waals surface area contributed by atoms with Crippen LogP contribution in [0.5, 0.6) is 0 Å². The summed E-state index contributed by atoms with van der Waals surface area (Å²) in [6, 6.07) is 9.16. The molecule has 3 heteroatoms. The second-order valence-electron chi connectivity index (χ2n) is 17.3. The molecule has 3 atom stereocenters. The van der Waals surface area contributed by atoms with Gasteiger partial charge in [-0.2, -0.15) is 22.8 Å². The van der Waals surface area contributed by atoms with Crippen LogP contribution in [0.3, 0.4) is 0 Å². The molecule has 0 saturated heterocycles. The number of hydrogen-bond acceptors (Lipinski definition) is 0. The summed E-state index contributed by atoms with van der Waals surface area (Å²) in [6.45, 7) is 33.5. The maximum Gasteiger partial charge on any atom is -1.00 e. The summed E-state index contributed by atoms with van der Waals surface area (Å²) in [4.78, 5) is 0. The zero-order chi connectivity index (χ0) is 33.8. The van der Waals surface area contributed by atoms with Crippen molar-refractivity contribution in [3.05, 3.63) is 94.0 Å². The minimum absolute atomic E-state index is 0. The van der Waals surface area contributed by atoms with Crippen LogP contribution in [0.4, 0.5) is 0 Å². The third-order valence-corrected chi connectivity index (χ3v) is 13.1. The van der Waals surface area contributed by atoms with Gasteiger partial charge in [-0.25, -0.2) is 12.0 Å². The van der Waals surface area contributed by atoms with Crippen LogP contribution < -0.4 is 24.8 Å². The van der Waals surface area contributed by atoms with Crippen molar-refractivity contribution in [1.82, 2.24) is 0 Å². The molecule has 1 saturated carbocycles. The minimum Gasteiger partial charge on any atom is -1.00 e. The van der Waals surface area contributed by atoms with Gasteiger partial charge in [-0.15, -0.1) is 6.92 Å². The average Bonchev–Trinajstić information content (AvgIpc) is 3.58. The molecule has 6 rings (SSSR count). The van der Waals surface area contributed by atoms with Crippen LogP contribution in [0, 0.1) is 50.9 Å². The Labute approximate surface area is 317 Å². The Morgan fingerprint density at radius 1 is 0.979 bits per heavy atom. The molecule has 258 valence electrons. The number of halogens is 2. The molecule has 47 heavy (non-hydrogen) atoms. The summed E-state index contributed by atoms with van der Waals surface area (Å²) < 4.78 is 1.51.